The number of anilines is 1. The van der Waals surface area contributed by atoms with Crippen LogP contribution in [0.5, 0.6) is 0 Å². The summed E-state index contributed by atoms with van der Waals surface area (Å²) in [5, 5.41) is 8.42. The first-order chi connectivity index (χ1) is 16.2. The van der Waals surface area contributed by atoms with E-state index in [9.17, 15) is 13.2 Å². The molecule has 1 aromatic heterocycles. The topological polar surface area (TPSA) is 37.2 Å². The Morgan fingerprint density at radius 2 is 1.97 bits per heavy atom. The second-order valence-electron chi connectivity index (χ2n) is 8.67. The van der Waals surface area contributed by atoms with Crippen LogP contribution in [0.2, 0.25) is 0 Å². The number of aryl methyl sites for hydroxylation is 1. The molecule has 0 spiro atoms. The molecule has 1 atom stereocenters. The van der Waals surface area contributed by atoms with Crippen molar-refractivity contribution in [3.05, 3.63) is 103 Å². The summed E-state index contributed by atoms with van der Waals surface area (Å²) in [5.41, 5.74) is 1.46. The molecule has 4 rings (SSSR count). The van der Waals surface area contributed by atoms with Crippen LogP contribution in [0, 0.1) is 5.92 Å². The smallest absolute Gasteiger partial charge is 0.349 e. The van der Waals surface area contributed by atoms with Crippen molar-refractivity contribution >= 4 is 5.69 Å². The highest BCUT2D eigenvalue weighted by Crippen LogP contribution is 2.43. The van der Waals surface area contributed by atoms with Gasteiger partial charge in [-0.05, 0) is 48.1 Å². The third-order valence-corrected chi connectivity index (χ3v) is 6.48. The first kappa shape index (κ1) is 23.6. The number of benzene rings is 1. The molecule has 1 aliphatic carbocycles. The summed E-state index contributed by atoms with van der Waals surface area (Å²) in [6, 6.07) is 7.83. The van der Waals surface area contributed by atoms with Crippen LogP contribution in [0.25, 0.3) is 0 Å². The van der Waals surface area contributed by atoms with Crippen LogP contribution in [-0.4, -0.2) is 32.9 Å². The van der Waals surface area contributed by atoms with Crippen molar-refractivity contribution in [3.8, 4) is 0 Å². The van der Waals surface area contributed by atoms with Crippen molar-refractivity contribution < 1.29 is 13.2 Å². The van der Waals surface area contributed by atoms with Crippen molar-refractivity contribution in [2.75, 3.05) is 11.9 Å². The summed E-state index contributed by atoms with van der Waals surface area (Å²) in [6.45, 7) is 7.45. The first-order valence-corrected chi connectivity index (χ1v) is 11.2. The number of aromatic nitrogens is 3. The van der Waals surface area contributed by atoms with E-state index >= 15 is 0 Å². The first-order valence-electron chi connectivity index (χ1n) is 11.2. The van der Waals surface area contributed by atoms with E-state index < -0.39 is 11.7 Å². The summed E-state index contributed by atoms with van der Waals surface area (Å²) < 4.78 is 43.6. The third-order valence-electron chi connectivity index (χ3n) is 6.48. The fourth-order valence-corrected chi connectivity index (χ4v) is 4.48. The minimum Gasteiger partial charge on any atom is -0.349 e. The molecule has 1 fully saturated rings. The zero-order valence-corrected chi connectivity index (χ0v) is 19.3. The Morgan fingerprint density at radius 1 is 1.21 bits per heavy atom. The lowest BCUT2D eigenvalue weighted by molar-refractivity contribution is -0.0911. The van der Waals surface area contributed by atoms with Gasteiger partial charge in [-0.15, -0.1) is 10.2 Å². The molecule has 0 bridgehead atoms. The highest BCUT2D eigenvalue weighted by Gasteiger charge is 2.39. The summed E-state index contributed by atoms with van der Waals surface area (Å²) in [7, 11) is 3.52. The molecule has 1 unspecified atom stereocenters. The number of rotatable bonds is 7. The average Bonchev–Trinajstić information content (AvgIpc) is 3.19. The standard InChI is InChI=1S/C26H28F3N5/c1-5-18-13-22(26(27,28)29)23(32(3)15-18)16-34(6-2)21-12-8-11-20(14-21)24(19-9-7-10-19)25-31-30-17-33(25)4/h5-6,8,11-17,19,24H,1-2,7,9-10H2,3-4H3/b23-16-. The Hall–Kier alpha value is -3.55. The van der Waals surface area contributed by atoms with Gasteiger partial charge in [0.05, 0.1) is 11.3 Å². The molecule has 1 aliphatic heterocycles. The molecule has 0 N–H and O–H groups in total. The average molecular weight is 468 g/mol. The van der Waals surface area contributed by atoms with Crippen LogP contribution >= 0.6 is 0 Å². The monoisotopic (exact) mass is 467 g/mol. The van der Waals surface area contributed by atoms with Crippen molar-refractivity contribution in [2.45, 2.75) is 31.4 Å². The predicted molar refractivity (Wildman–Crippen MR) is 128 cm³/mol. The van der Waals surface area contributed by atoms with Gasteiger partial charge in [-0.1, -0.05) is 37.8 Å². The molecule has 8 heteroatoms. The van der Waals surface area contributed by atoms with Crippen molar-refractivity contribution in [2.24, 2.45) is 13.0 Å². The third kappa shape index (κ3) is 4.58. The predicted octanol–water partition coefficient (Wildman–Crippen LogP) is 6.04. The van der Waals surface area contributed by atoms with Crippen LogP contribution in [-0.2, 0) is 7.05 Å². The van der Waals surface area contributed by atoms with Crippen LogP contribution in [0.3, 0.4) is 0 Å². The quantitative estimate of drug-likeness (QED) is 0.497. The van der Waals surface area contributed by atoms with Gasteiger partial charge < -0.3 is 14.4 Å². The van der Waals surface area contributed by atoms with Gasteiger partial charge in [0, 0.05) is 44.3 Å². The minimum atomic E-state index is -4.52. The molecule has 0 saturated heterocycles. The maximum Gasteiger partial charge on any atom is 0.418 e. The summed E-state index contributed by atoms with van der Waals surface area (Å²) in [5.74, 6) is 1.42. The van der Waals surface area contributed by atoms with E-state index in [2.05, 4.69) is 23.4 Å². The van der Waals surface area contributed by atoms with Gasteiger partial charge in [-0.3, -0.25) is 0 Å². The number of hydrogen-bond acceptors (Lipinski definition) is 4. The molecular weight excluding hydrogens is 439 g/mol. The summed E-state index contributed by atoms with van der Waals surface area (Å²) in [6.07, 6.45) is 7.69. The fourth-order valence-electron chi connectivity index (χ4n) is 4.48. The fraction of sp³-hybridized carbons (Fsp3) is 0.308. The minimum absolute atomic E-state index is 0.0206. The molecule has 5 nitrogen and oxygen atoms in total. The lowest BCUT2D eigenvalue weighted by Crippen LogP contribution is -2.27. The summed E-state index contributed by atoms with van der Waals surface area (Å²) >= 11 is 0. The molecule has 2 heterocycles. The van der Waals surface area contributed by atoms with Crippen molar-refractivity contribution in [1.82, 2.24) is 19.7 Å². The zero-order chi connectivity index (χ0) is 24.5. The van der Waals surface area contributed by atoms with Gasteiger partial charge >= 0.3 is 6.18 Å². The normalized spacial score (nSPS) is 18.7. The van der Waals surface area contributed by atoms with Crippen LogP contribution in [0.4, 0.5) is 18.9 Å². The maximum absolute atomic E-state index is 13.9. The Bertz CT molecular complexity index is 1170. The SMILES string of the molecule is C=CC1=CN(C)/C(=C\N(C=C)c2cccc(C(c3nncn3C)C3CCC3)c2)C(C(F)(F)F)=C1. The molecule has 1 saturated carbocycles. The Balaban J connectivity index is 1.73. The van der Waals surface area contributed by atoms with E-state index in [1.54, 1.807) is 24.5 Å². The van der Waals surface area contributed by atoms with Gasteiger partial charge in [0.25, 0.3) is 0 Å². The van der Waals surface area contributed by atoms with E-state index in [-0.39, 0.29) is 11.6 Å². The van der Waals surface area contributed by atoms with E-state index in [4.69, 9.17) is 0 Å². The number of halogens is 3. The van der Waals surface area contributed by atoms with Crippen LogP contribution in [0.15, 0.2) is 91.3 Å². The lowest BCUT2D eigenvalue weighted by Gasteiger charge is -2.34. The van der Waals surface area contributed by atoms with Crippen LogP contribution in [0.1, 0.15) is 36.6 Å². The molecule has 2 aromatic rings. The van der Waals surface area contributed by atoms with Gasteiger partial charge in [0.2, 0.25) is 0 Å². The second-order valence-corrected chi connectivity index (χ2v) is 8.67. The lowest BCUT2D eigenvalue weighted by atomic mass is 9.72. The molecule has 1 aromatic carbocycles. The van der Waals surface area contributed by atoms with Crippen LogP contribution < -0.4 is 4.90 Å². The molecule has 178 valence electrons. The molecule has 0 amide bonds. The highest BCUT2D eigenvalue weighted by atomic mass is 19.4. The second kappa shape index (κ2) is 9.37. The van der Waals surface area contributed by atoms with Gasteiger partial charge in [0.1, 0.15) is 12.2 Å². The Kier molecular flexibility index (Phi) is 6.50. The maximum atomic E-state index is 13.9. The molecule has 34 heavy (non-hydrogen) atoms. The number of hydrogen-bond donors (Lipinski definition) is 0. The van der Waals surface area contributed by atoms with E-state index in [1.807, 2.05) is 35.9 Å². The molecule has 0 radical (unpaired) electrons. The number of alkyl halides is 3. The van der Waals surface area contributed by atoms with E-state index in [1.165, 1.54) is 29.8 Å². The van der Waals surface area contributed by atoms with Crippen molar-refractivity contribution in [1.29, 1.82) is 0 Å². The van der Waals surface area contributed by atoms with Crippen molar-refractivity contribution in [3.63, 3.8) is 0 Å². The van der Waals surface area contributed by atoms with Gasteiger partial charge in [-0.2, -0.15) is 13.2 Å². The molecular formula is C26H28F3N5. The largest absolute Gasteiger partial charge is 0.418 e. The number of nitrogens with zero attached hydrogens (tertiary/aromatic N) is 5. The zero-order valence-electron chi connectivity index (χ0n) is 19.3. The summed E-state index contributed by atoms with van der Waals surface area (Å²) in [4.78, 5) is 3.08. The number of allylic oxidation sites excluding steroid dienone is 4. The number of likely N-dealkylation sites (N-methyl/N-ethyl adjacent to an activating group) is 1. The van der Waals surface area contributed by atoms with E-state index in [0.717, 1.165) is 36.0 Å². The highest BCUT2D eigenvalue weighted by molar-refractivity contribution is 5.58. The van der Waals surface area contributed by atoms with E-state index in [0.29, 0.717) is 11.5 Å². The molecule has 2 aliphatic rings. The van der Waals surface area contributed by atoms with Gasteiger partial charge in [0.15, 0.2) is 0 Å². The van der Waals surface area contributed by atoms with Gasteiger partial charge in [-0.25, -0.2) is 0 Å². The Morgan fingerprint density at radius 3 is 2.53 bits per heavy atom. The Labute approximate surface area is 197 Å².